The monoisotopic (exact) mass is 276 g/mol. The normalized spacial score (nSPS) is 12.7. The Morgan fingerprint density at radius 1 is 1.20 bits per heavy atom. The number of hydrogen-bond acceptors (Lipinski definition) is 5. The molecule has 6 nitrogen and oxygen atoms in total. The molecule has 0 aromatic carbocycles. The van der Waals surface area contributed by atoms with Crippen molar-refractivity contribution in [3.05, 3.63) is 36.5 Å². The Morgan fingerprint density at radius 3 is 2.45 bits per heavy atom. The predicted molar refractivity (Wildman–Crippen MR) is 77.0 cm³/mol. The minimum atomic E-state index is -0.300. The van der Waals surface area contributed by atoms with Crippen molar-refractivity contribution in [2.45, 2.75) is 26.2 Å². The number of nitrogens with zero attached hydrogens (tertiary/aromatic N) is 3. The number of aromatic nitrogens is 3. The fourth-order valence-corrected chi connectivity index (χ4v) is 2.07. The first-order valence-corrected chi connectivity index (χ1v) is 6.44. The smallest absolute Gasteiger partial charge is 0.176 e. The number of anilines is 1. The third-order valence-corrected chi connectivity index (χ3v) is 3.09. The Balaban J connectivity index is 2.07. The van der Waals surface area contributed by atoms with E-state index in [4.69, 9.17) is 9.47 Å². The number of rotatable bonds is 6. The number of ether oxygens (including phenoxy) is 2. The lowest BCUT2D eigenvalue weighted by atomic mass is 10.3. The van der Waals surface area contributed by atoms with Crippen LogP contribution in [0.2, 0.25) is 0 Å². The van der Waals surface area contributed by atoms with Crippen LogP contribution in [-0.2, 0) is 9.47 Å². The largest absolute Gasteiger partial charge is 0.376 e. The number of aryl methyl sites for hydroxylation is 1. The van der Waals surface area contributed by atoms with Gasteiger partial charge >= 0.3 is 0 Å². The van der Waals surface area contributed by atoms with Gasteiger partial charge in [-0.1, -0.05) is 0 Å². The summed E-state index contributed by atoms with van der Waals surface area (Å²) in [5.74, 6) is 1.75. The summed E-state index contributed by atoms with van der Waals surface area (Å²) in [5, 5.41) is 3.29. The molecule has 2 aromatic heterocycles. The van der Waals surface area contributed by atoms with Gasteiger partial charge in [0.25, 0.3) is 0 Å². The van der Waals surface area contributed by atoms with Gasteiger partial charge in [-0.3, -0.25) is 4.57 Å². The molecule has 2 rings (SSSR count). The van der Waals surface area contributed by atoms with Crippen molar-refractivity contribution in [1.82, 2.24) is 14.5 Å². The van der Waals surface area contributed by atoms with Crippen molar-refractivity contribution in [3.8, 4) is 5.82 Å². The van der Waals surface area contributed by atoms with Crippen LogP contribution in [0.3, 0.4) is 0 Å². The summed E-state index contributed by atoms with van der Waals surface area (Å²) in [6.45, 7) is 3.93. The highest BCUT2D eigenvalue weighted by molar-refractivity contribution is 5.44. The molecule has 0 radical (unpaired) electrons. The summed E-state index contributed by atoms with van der Waals surface area (Å²) >= 11 is 0. The number of methoxy groups -OCH3 is 2. The topological polar surface area (TPSA) is 61.2 Å². The zero-order chi connectivity index (χ0) is 14.5. The summed E-state index contributed by atoms with van der Waals surface area (Å²) < 4.78 is 12.4. The first-order valence-electron chi connectivity index (χ1n) is 6.44. The lowest BCUT2D eigenvalue weighted by molar-refractivity contribution is -0.109. The van der Waals surface area contributed by atoms with Gasteiger partial charge in [0.2, 0.25) is 0 Å². The Bertz CT molecular complexity index is 534. The Kier molecular flexibility index (Phi) is 4.70. The van der Waals surface area contributed by atoms with Gasteiger partial charge in [0.1, 0.15) is 11.6 Å². The van der Waals surface area contributed by atoms with Crippen LogP contribution in [0.4, 0.5) is 5.69 Å². The average molecular weight is 276 g/mol. The van der Waals surface area contributed by atoms with E-state index in [-0.39, 0.29) is 12.3 Å². The number of nitrogens with one attached hydrogen (secondary N) is 1. The third kappa shape index (κ3) is 3.15. The van der Waals surface area contributed by atoms with E-state index in [1.54, 1.807) is 26.6 Å². The van der Waals surface area contributed by atoms with Crippen LogP contribution in [-0.4, -0.2) is 41.1 Å². The van der Waals surface area contributed by atoms with Gasteiger partial charge in [0.15, 0.2) is 6.29 Å². The summed E-state index contributed by atoms with van der Waals surface area (Å²) in [6.07, 6.45) is 5.13. The Morgan fingerprint density at radius 2 is 1.95 bits per heavy atom. The molecule has 1 N–H and O–H groups in total. The van der Waals surface area contributed by atoms with Crippen LogP contribution in [0.1, 0.15) is 12.7 Å². The molecule has 0 aliphatic rings. The maximum atomic E-state index is 5.21. The fourth-order valence-electron chi connectivity index (χ4n) is 2.07. The summed E-state index contributed by atoms with van der Waals surface area (Å²) in [7, 11) is 3.24. The second-order valence-electron chi connectivity index (χ2n) is 4.52. The van der Waals surface area contributed by atoms with Crippen LogP contribution in [0.25, 0.3) is 5.82 Å². The van der Waals surface area contributed by atoms with E-state index in [2.05, 4.69) is 15.3 Å². The molecule has 0 saturated heterocycles. The molecular weight excluding hydrogens is 256 g/mol. The number of pyridine rings is 1. The van der Waals surface area contributed by atoms with Crippen molar-refractivity contribution in [1.29, 1.82) is 0 Å². The molecule has 0 bridgehead atoms. The van der Waals surface area contributed by atoms with E-state index in [1.807, 2.05) is 36.7 Å². The van der Waals surface area contributed by atoms with Gasteiger partial charge < -0.3 is 14.8 Å². The molecule has 108 valence electrons. The highest BCUT2D eigenvalue weighted by atomic mass is 16.7. The van der Waals surface area contributed by atoms with E-state index in [1.165, 1.54) is 0 Å². The molecule has 20 heavy (non-hydrogen) atoms. The van der Waals surface area contributed by atoms with Crippen LogP contribution in [0.15, 0.2) is 30.7 Å². The van der Waals surface area contributed by atoms with Crippen LogP contribution in [0.5, 0.6) is 0 Å². The minimum absolute atomic E-state index is 0.0210. The zero-order valence-corrected chi connectivity index (χ0v) is 12.2. The lowest BCUT2D eigenvalue weighted by Gasteiger charge is -2.23. The van der Waals surface area contributed by atoms with E-state index < -0.39 is 0 Å². The van der Waals surface area contributed by atoms with E-state index >= 15 is 0 Å². The van der Waals surface area contributed by atoms with Gasteiger partial charge in [-0.05, 0) is 26.0 Å². The third-order valence-electron chi connectivity index (χ3n) is 3.09. The molecular formula is C14H20N4O2. The molecule has 0 aliphatic carbocycles. The molecule has 1 unspecified atom stereocenters. The molecule has 0 spiro atoms. The second-order valence-corrected chi connectivity index (χ2v) is 4.52. The molecule has 0 saturated carbocycles. The van der Waals surface area contributed by atoms with Gasteiger partial charge in [0.05, 0.1) is 17.9 Å². The molecule has 2 aromatic rings. The standard InChI is InChI=1S/C14H20N4O2/c1-10(14(19-3)20-4)17-12-5-6-13(16-9-12)18-8-7-15-11(18)2/h5-10,14,17H,1-4H3. The first-order chi connectivity index (χ1) is 9.65. The van der Waals surface area contributed by atoms with E-state index in [0.717, 1.165) is 17.3 Å². The van der Waals surface area contributed by atoms with Crippen LogP contribution >= 0.6 is 0 Å². The molecule has 2 heterocycles. The maximum Gasteiger partial charge on any atom is 0.176 e. The zero-order valence-electron chi connectivity index (χ0n) is 12.2. The van der Waals surface area contributed by atoms with Gasteiger partial charge in [-0.25, -0.2) is 9.97 Å². The van der Waals surface area contributed by atoms with E-state index in [0.29, 0.717) is 0 Å². The molecule has 1 atom stereocenters. The second kappa shape index (κ2) is 6.49. The number of hydrogen-bond donors (Lipinski definition) is 1. The van der Waals surface area contributed by atoms with E-state index in [9.17, 15) is 0 Å². The summed E-state index contributed by atoms with van der Waals surface area (Å²) in [4.78, 5) is 8.61. The van der Waals surface area contributed by atoms with Crippen molar-refractivity contribution in [2.24, 2.45) is 0 Å². The van der Waals surface area contributed by atoms with Crippen LogP contribution in [0, 0.1) is 6.92 Å². The highest BCUT2D eigenvalue weighted by Gasteiger charge is 2.15. The van der Waals surface area contributed by atoms with Crippen molar-refractivity contribution < 1.29 is 9.47 Å². The summed E-state index contributed by atoms with van der Waals surface area (Å²) in [6, 6.07) is 3.94. The molecule has 0 fully saturated rings. The SMILES string of the molecule is COC(OC)C(C)Nc1ccc(-n2ccnc2C)nc1. The van der Waals surface area contributed by atoms with Gasteiger partial charge in [-0.15, -0.1) is 0 Å². The summed E-state index contributed by atoms with van der Waals surface area (Å²) in [5.41, 5.74) is 0.915. The highest BCUT2D eigenvalue weighted by Crippen LogP contribution is 2.13. The van der Waals surface area contributed by atoms with Crippen molar-refractivity contribution in [2.75, 3.05) is 19.5 Å². The van der Waals surface area contributed by atoms with Gasteiger partial charge in [0, 0.05) is 26.6 Å². The van der Waals surface area contributed by atoms with Crippen molar-refractivity contribution in [3.63, 3.8) is 0 Å². The Hall–Kier alpha value is -1.92. The predicted octanol–water partition coefficient (Wildman–Crippen LogP) is 2.00. The fraction of sp³-hybridized carbons (Fsp3) is 0.429. The average Bonchev–Trinajstić information content (AvgIpc) is 2.87. The maximum absolute atomic E-state index is 5.21. The number of imidazole rings is 1. The molecule has 6 heteroatoms. The molecule has 0 aliphatic heterocycles. The Labute approximate surface area is 118 Å². The minimum Gasteiger partial charge on any atom is -0.376 e. The first kappa shape index (κ1) is 14.5. The molecule has 0 amide bonds. The van der Waals surface area contributed by atoms with Gasteiger partial charge in [-0.2, -0.15) is 0 Å². The van der Waals surface area contributed by atoms with Crippen LogP contribution < -0.4 is 5.32 Å². The lowest BCUT2D eigenvalue weighted by Crippen LogP contribution is -2.33. The quantitative estimate of drug-likeness (QED) is 0.818. The van der Waals surface area contributed by atoms with Crippen molar-refractivity contribution >= 4 is 5.69 Å².